The number of benzene rings is 2. The van der Waals surface area contributed by atoms with Crippen molar-refractivity contribution in [2.75, 3.05) is 0 Å². The predicted molar refractivity (Wildman–Crippen MR) is 73.3 cm³/mol. The van der Waals surface area contributed by atoms with Crippen molar-refractivity contribution in [3.05, 3.63) is 69.3 Å². The molecule has 0 N–H and O–H groups in total. The molecule has 0 amide bonds. The lowest BCUT2D eigenvalue weighted by Crippen LogP contribution is -1.99. The first-order valence-electron chi connectivity index (χ1n) is 5.94. The van der Waals surface area contributed by atoms with Gasteiger partial charge in [-0.15, -0.1) is 0 Å². The molecule has 0 saturated carbocycles. The van der Waals surface area contributed by atoms with Crippen molar-refractivity contribution in [2.24, 2.45) is 0 Å². The Morgan fingerprint density at radius 2 is 1.67 bits per heavy atom. The first-order valence-corrected chi connectivity index (χ1v) is 5.94. The van der Waals surface area contributed by atoms with Gasteiger partial charge in [0.05, 0.1) is 28.2 Å². The van der Waals surface area contributed by atoms with Gasteiger partial charge in [0.15, 0.2) is 5.75 Å². The van der Waals surface area contributed by atoms with Crippen LogP contribution < -0.4 is 4.74 Å². The molecule has 0 aromatic heterocycles. The van der Waals surface area contributed by atoms with Crippen molar-refractivity contribution < 1.29 is 9.66 Å². The van der Waals surface area contributed by atoms with Gasteiger partial charge in [0, 0.05) is 6.07 Å². The summed E-state index contributed by atoms with van der Waals surface area (Å²) in [5, 5.41) is 28.4. The summed E-state index contributed by atoms with van der Waals surface area (Å²) in [5.41, 5.74) is 1.27. The van der Waals surface area contributed by atoms with Gasteiger partial charge in [0.1, 0.15) is 6.61 Å². The molecule has 6 nitrogen and oxygen atoms in total. The molecule has 0 fully saturated rings. The maximum Gasteiger partial charge on any atom is 0.312 e. The summed E-state index contributed by atoms with van der Waals surface area (Å²) >= 11 is 0. The Morgan fingerprint density at radius 1 is 1.05 bits per heavy atom. The largest absolute Gasteiger partial charge is 0.482 e. The van der Waals surface area contributed by atoms with E-state index in [1.807, 2.05) is 12.1 Å². The van der Waals surface area contributed by atoms with E-state index in [0.29, 0.717) is 5.56 Å². The third-order valence-electron chi connectivity index (χ3n) is 2.76. The van der Waals surface area contributed by atoms with E-state index in [0.717, 1.165) is 5.56 Å². The third-order valence-corrected chi connectivity index (χ3v) is 2.76. The van der Waals surface area contributed by atoms with E-state index in [9.17, 15) is 10.1 Å². The fraction of sp³-hybridized carbons (Fsp3) is 0.0667. The minimum atomic E-state index is -0.588. The first-order chi connectivity index (χ1) is 10.1. The number of hydrogen-bond donors (Lipinski definition) is 0. The highest BCUT2D eigenvalue weighted by molar-refractivity contribution is 5.51. The van der Waals surface area contributed by atoms with Crippen LogP contribution in [0.25, 0.3) is 0 Å². The van der Waals surface area contributed by atoms with E-state index in [1.54, 1.807) is 24.3 Å². The topological polar surface area (TPSA) is 99.9 Å². The second kappa shape index (κ2) is 6.18. The molecule has 0 saturated heterocycles. The van der Waals surface area contributed by atoms with Crippen LogP contribution in [0.5, 0.6) is 5.75 Å². The van der Waals surface area contributed by atoms with Crippen molar-refractivity contribution in [2.45, 2.75) is 6.61 Å². The predicted octanol–water partition coefficient (Wildman–Crippen LogP) is 2.92. The van der Waals surface area contributed by atoms with Gasteiger partial charge < -0.3 is 4.74 Å². The van der Waals surface area contributed by atoms with E-state index in [4.69, 9.17) is 15.3 Å². The molecule has 2 aromatic carbocycles. The zero-order chi connectivity index (χ0) is 15.2. The average molecular weight is 279 g/mol. The third kappa shape index (κ3) is 3.34. The highest BCUT2D eigenvalue weighted by atomic mass is 16.6. The Bertz CT molecular complexity index is 755. The van der Waals surface area contributed by atoms with Crippen LogP contribution in [0, 0.1) is 32.8 Å². The average Bonchev–Trinajstić information content (AvgIpc) is 2.53. The second-order valence-corrected chi connectivity index (χ2v) is 4.15. The van der Waals surface area contributed by atoms with Crippen molar-refractivity contribution in [3.8, 4) is 17.9 Å². The lowest BCUT2D eigenvalue weighted by molar-refractivity contribution is -0.386. The monoisotopic (exact) mass is 279 g/mol. The fourth-order valence-corrected chi connectivity index (χ4v) is 1.69. The van der Waals surface area contributed by atoms with E-state index >= 15 is 0 Å². The molecule has 0 spiro atoms. The van der Waals surface area contributed by atoms with Crippen molar-refractivity contribution in [1.29, 1.82) is 10.5 Å². The van der Waals surface area contributed by atoms with Crippen molar-refractivity contribution in [3.63, 3.8) is 0 Å². The van der Waals surface area contributed by atoms with E-state index in [-0.39, 0.29) is 23.6 Å². The maximum atomic E-state index is 11.0. The van der Waals surface area contributed by atoms with Crippen LogP contribution in [-0.2, 0) is 6.61 Å². The molecule has 21 heavy (non-hydrogen) atoms. The zero-order valence-electron chi connectivity index (χ0n) is 10.8. The van der Waals surface area contributed by atoms with Crippen LogP contribution in [-0.4, -0.2) is 4.92 Å². The number of rotatable bonds is 4. The Morgan fingerprint density at radius 3 is 2.24 bits per heavy atom. The molecule has 0 aliphatic carbocycles. The van der Waals surface area contributed by atoms with Crippen LogP contribution in [0.1, 0.15) is 16.7 Å². The van der Waals surface area contributed by atoms with Gasteiger partial charge in [0.25, 0.3) is 0 Å². The van der Waals surface area contributed by atoms with Crippen LogP contribution in [0.15, 0.2) is 42.5 Å². The Kier molecular flexibility index (Phi) is 4.13. The maximum absolute atomic E-state index is 11.0. The summed E-state index contributed by atoms with van der Waals surface area (Å²) in [6, 6.07) is 14.6. The van der Waals surface area contributed by atoms with Gasteiger partial charge >= 0.3 is 5.69 Å². The van der Waals surface area contributed by atoms with Crippen molar-refractivity contribution >= 4 is 5.69 Å². The summed E-state index contributed by atoms with van der Waals surface area (Å²) in [7, 11) is 0. The smallest absolute Gasteiger partial charge is 0.312 e. The van der Waals surface area contributed by atoms with Gasteiger partial charge in [-0.05, 0) is 29.8 Å². The molecule has 0 bridgehead atoms. The standard InChI is InChI=1S/C15H9N3O3/c16-8-11-1-3-12(4-2-11)10-21-15-6-5-13(9-17)7-14(15)18(19)20/h1-7H,10H2. The zero-order valence-corrected chi connectivity index (χ0v) is 10.8. The normalized spacial score (nSPS) is 9.43. The highest BCUT2D eigenvalue weighted by Crippen LogP contribution is 2.28. The van der Waals surface area contributed by atoms with Crippen LogP contribution in [0.4, 0.5) is 5.69 Å². The molecule has 102 valence electrons. The fourth-order valence-electron chi connectivity index (χ4n) is 1.69. The summed E-state index contributed by atoms with van der Waals surface area (Å²) in [6.07, 6.45) is 0. The van der Waals surface area contributed by atoms with E-state index < -0.39 is 4.92 Å². The van der Waals surface area contributed by atoms with Crippen molar-refractivity contribution in [1.82, 2.24) is 0 Å². The molecule has 2 rings (SSSR count). The number of nitrogens with zero attached hydrogens (tertiary/aromatic N) is 3. The summed E-state index contributed by atoms with van der Waals surface area (Å²) < 4.78 is 5.42. The molecule has 2 aromatic rings. The molecular formula is C15H9N3O3. The number of hydrogen-bond acceptors (Lipinski definition) is 5. The van der Waals surface area contributed by atoms with E-state index in [1.165, 1.54) is 18.2 Å². The van der Waals surface area contributed by atoms with Gasteiger partial charge in [-0.3, -0.25) is 10.1 Å². The van der Waals surface area contributed by atoms with Crippen LogP contribution >= 0.6 is 0 Å². The highest BCUT2D eigenvalue weighted by Gasteiger charge is 2.16. The molecule has 0 aliphatic heterocycles. The lowest BCUT2D eigenvalue weighted by Gasteiger charge is -2.07. The molecule has 0 unspecified atom stereocenters. The molecule has 0 heterocycles. The van der Waals surface area contributed by atoms with Crippen LogP contribution in [0.3, 0.4) is 0 Å². The Hall–Kier alpha value is -3.38. The number of ether oxygens (including phenoxy) is 1. The van der Waals surface area contributed by atoms with Crippen LogP contribution in [0.2, 0.25) is 0 Å². The summed E-state index contributed by atoms with van der Waals surface area (Å²) in [4.78, 5) is 10.4. The Labute approximate surface area is 120 Å². The number of nitro benzene ring substituents is 1. The molecular weight excluding hydrogens is 270 g/mol. The molecule has 0 atom stereocenters. The number of nitro groups is 1. The first kappa shape index (κ1) is 14.0. The Balaban J connectivity index is 2.18. The minimum Gasteiger partial charge on any atom is -0.482 e. The minimum absolute atomic E-state index is 0.100. The summed E-state index contributed by atoms with van der Waals surface area (Å²) in [5.74, 6) is 0.100. The molecule has 0 aliphatic rings. The van der Waals surface area contributed by atoms with Gasteiger partial charge in [-0.1, -0.05) is 12.1 Å². The second-order valence-electron chi connectivity index (χ2n) is 4.15. The SMILES string of the molecule is N#Cc1ccc(COc2ccc(C#N)cc2[N+](=O)[O-])cc1. The quantitative estimate of drug-likeness (QED) is 0.632. The van der Waals surface area contributed by atoms with Gasteiger partial charge in [-0.25, -0.2) is 0 Å². The summed E-state index contributed by atoms with van der Waals surface area (Å²) in [6.45, 7) is 0.137. The number of nitriles is 2. The lowest BCUT2D eigenvalue weighted by atomic mass is 10.1. The molecule has 0 radical (unpaired) electrons. The molecule has 6 heteroatoms. The van der Waals surface area contributed by atoms with Gasteiger partial charge in [-0.2, -0.15) is 10.5 Å². The van der Waals surface area contributed by atoms with Gasteiger partial charge in [0.2, 0.25) is 0 Å². The van der Waals surface area contributed by atoms with E-state index in [2.05, 4.69) is 0 Å².